The second kappa shape index (κ2) is 7.84. The number of nitrogens with one attached hydrogen (secondary N) is 1. The van der Waals surface area contributed by atoms with E-state index < -0.39 is 6.10 Å². The summed E-state index contributed by atoms with van der Waals surface area (Å²) in [5.74, 6) is 0.701. The zero-order chi connectivity index (χ0) is 18.5. The molecule has 134 valence electrons. The van der Waals surface area contributed by atoms with Crippen molar-refractivity contribution in [3.63, 3.8) is 0 Å². The molecular weight excluding hydrogens is 332 g/mol. The number of carbonyl (C=O) groups excluding carboxylic acids is 1. The van der Waals surface area contributed by atoms with Crippen LogP contribution in [0.5, 0.6) is 11.5 Å². The van der Waals surface area contributed by atoms with Gasteiger partial charge in [-0.3, -0.25) is 9.78 Å². The Hall–Kier alpha value is -3.12. The molecule has 0 saturated heterocycles. The Morgan fingerprint density at radius 2 is 1.85 bits per heavy atom. The summed E-state index contributed by atoms with van der Waals surface area (Å²) in [5, 5.41) is 14.0. The molecule has 6 nitrogen and oxygen atoms in total. The minimum Gasteiger partial charge on any atom is -0.493 e. The molecule has 0 bridgehead atoms. The van der Waals surface area contributed by atoms with Crippen LogP contribution in [0, 0.1) is 0 Å². The Morgan fingerprint density at radius 3 is 2.62 bits per heavy atom. The van der Waals surface area contributed by atoms with Gasteiger partial charge in [0.05, 0.1) is 25.4 Å². The first kappa shape index (κ1) is 17.7. The molecule has 0 aliphatic rings. The zero-order valence-corrected chi connectivity index (χ0v) is 14.6. The number of benzene rings is 2. The van der Waals surface area contributed by atoms with Crippen molar-refractivity contribution in [3.8, 4) is 11.5 Å². The molecule has 0 saturated carbocycles. The third kappa shape index (κ3) is 3.75. The Morgan fingerprint density at radius 1 is 1.08 bits per heavy atom. The number of carbonyl (C=O) groups is 1. The summed E-state index contributed by atoms with van der Waals surface area (Å²) < 4.78 is 10.4. The summed E-state index contributed by atoms with van der Waals surface area (Å²) in [6, 6.07) is 16.2. The number of nitrogens with zero attached hydrogens (tertiary/aromatic N) is 1. The van der Waals surface area contributed by atoms with Crippen LogP contribution < -0.4 is 14.8 Å². The van der Waals surface area contributed by atoms with E-state index in [4.69, 9.17) is 9.47 Å². The number of amides is 1. The highest BCUT2D eigenvalue weighted by atomic mass is 16.5. The maximum Gasteiger partial charge on any atom is 0.251 e. The first-order chi connectivity index (χ1) is 12.6. The number of methoxy groups -OCH3 is 2. The van der Waals surface area contributed by atoms with Gasteiger partial charge in [-0.1, -0.05) is 24.3 Å². The molecule has 1 atom stereocenters. The fraction of sp³-hybridized carbons (Fsp3) is 0.200. The monoisotopic (exact) mass is 352 g/mol. The van der Waals surface area contributed by atoms with E-state index in [-0.39, 0.29) is 12.5 Å². The molecule has 26 heavy (non-hydrogen) atoms. The standard InChI is InChI=1S/C20H20N2O4/c1-25-18-10-8-14(11-19(18)26-2)20(24)21-12-17(23)16-9-7-13-5-3-4-6-15(13)22-16/h3-11,17,23H,12H2,1-2H3,(H,21,24). The van der Waals surface area contributed by atoms with Crippen molar-refractivity contribution in [1.82, 2.24) is 10.3 Å². The minimum absolute atomic E-state index is 0.0541. The van der Waals surface area contributed by atoms with Crippen molar-refractivity contribution in [2.24, 2.45) is 0 Å². The number of hydrogen-bond acceptors (Lipinski definition) is 5. The van der Waals surface area contributed by atoms with Crippen molar-refractivity contribution < 1.29 is 19.4 Å². The van der Waals surface area contributed by atoms with E-state index in [2.05, 4.69) is 10.3 Å². The normalized spacial score (nSPS) is 11.8. The van der Waals surface area contributed by atoms with Crippen molar-refractivity contribution >= 4 is 16.8 Å². The molecule has 1 amide bonds. The SMILES string of the molecule is COc1ccc(C(=O)NCC(O)c2ccc3ccccc3n2)cc1OC. The molecule has 6 heteroatoms. The second-order valence-corrected chi connectivity index (χ2v) is 5.72. The lowest BCUT2D eigenvalue weighted by molar-refractivity contribution is 0.0914. The van der Waals surface area contributed by atoms with E-state index in [0.29, 0.717) is 22.8 Å². The van der Waals surface area contributed by atoms with Gasteiger partial charge in [0.1, 0.15) is 6.10 Å². The van der Waals surface area contributed by atoms with Gasteiger partial charge in [0.25, 0.3) is 5.91 Å². The van der Waals surface area contributed by atoms with Crippen molar-refractivity contribution in [2.45, 2.75) is 6.10 Å². The average Bonchev–Trinajstić information content (AvgIpc) is 2.70. The lowest BCUT2D eigenvalue weighted by atomic mass is 10.1. The largest absolute Gasteiger partial charge is 0.493 e. The summed E-state index contributed by atoms with van der Waals surface area (Å²) in [4.78, 5) is 16.8. The highest BCUT2D eigenvalue weighted by Crippen LogP contribution is 2.27. The predicted octanol–water partition coefficient (Wildman–Crippen LogP) is 2.72. The van der Waals surface area contributed by atoms with E-state index in [1.54, 1.807) is 24.3 Å². The van der Waals surface area contributed by atoms with Crippen molar-refractivity contribution in [2.75, 3.05) is 20.8 Å². The van der Waals surface area contributed by atoms with Crippen molar-refractivity contribution in [1.29, 1.82) is 0 Å². The summed E-state index contributed by atoms with van der Waals surface area (Å²) in [7, 11) is 3.04. The van der Waals surface area contributed by atoms with E-state index in [9.17, 15) is 9.90 Å². The first-order valence-corrected chi connectivity index (χ1v) is 8.16. The van der Waals surface area contributed by atoms with Crippen LogP contribution in [-0.2, 0) is 0 Å². The Bertz CT molecular complexity index is 927. The Labute approximate surface area is 151 Å². The fourth-order valence-corrected chi connectivity index (χ4v) is 2.64. The summed E-state index contributed by atoms with van der Waals surface area (Å²) >= 11 is 0. The molecule has 0 spiro atoms. The topological polar surface area (TPSA) is 80.7 Å². The molecule has 3 aromatic rings. The van der Waals surface area contributed by atoms with Crippen LogP contribution >= 0.6 is 0 Å². The van der Waals surface area contributed by atoms with Gasteiger partial charge in [0.2, 0.25) is 0 Å². The lowest BCUT2D eigenvalue weighted by Crippen LogP contribution is -2.28. The number of fused-ring (bicyclic) bond motifs is 1. The van der Waals surface area contributed by atoms with E-state index in [1.165, 1.54) is 14.2 Å². The van der Waals surface area contributed by atoms with Gasteiger partial charge in [-0.05, 0) is 30.3 Å². The molecule has 2 N–H and O–H groups in total. The first-order valence-electron chi connectivity index (χ1n) is 8.16. The average molecular weight is 352 g/mol. The second-order valence-electron chi connectivity index (χ2n) is 5.72. The lowest BCUT2D eigenvalue weighted by Gasteiger charge is -2.13. The van der Waals surface area contributed by atoms with Gasteiger partial charge < -0.3 is 19.9 Å². The predicted molar refractivity (Wildman–Crippen MR) is 98.6 cm³/mol. The van der Waals surface area contributed by atoms with E-state index >= 15 is 0 Å². The molecule has 1 unspecified atom stereocenters. The van der Waals surface area contributed by atoms with Gasteiger partial charge in [-0.2, -0.15) is 0 Å². The molecule has 3 rings (SSSR count). The quantitative estimate of drug-likeness (QED) is 0.713. The molecule has 1 heterocycles. The molecular formula is C20H20N2O4. The maximum absolute atomic E-state index is 12.3. The highest BCUT2D eigenvalue weighted by Gasteiger charge is 2.14. The van der Waals surface area contributed by atoms with Gasteiger partial charge in [-0.15, -0.1) is 0 Å². The number of aliphatic hydroxyl groups excluding tert-OH is 1. The third-order valence-corrected chi connectivity index (χ3v) is 4.06. The minimum atomic E-state index is -0.899. The number of hydrogen-bond donors (Lipinski definition) is 2. The summed E-state index contributed by atoms with van der Waals surface area (Å²) in [6.45, 7) is 0.0541. The van der Waals surface area contributed by atoms with Crippen LogP contribution in [0.15, 0.2) is 54.6 Å². The molecule has 2 aromatic carbocycles. The number of rotatable bonds is 6. The zero-order valence-electron chi connectivity index (χ0n) is 14.6. The molecule has 1 aromatic heterocycles. The number of pyridine rings is 1. The van der Waals surface area contributed by atoms with Gasteiger partial charge in [-0.25, -0.2) is 0 Å². The molecule has 0 fully saturated rings. The maximum atomic E-state index is 12.3. The van der Waals surface area contributed by atoms with Crippen LogP contribution in [0.2, 0.25) is 0 Å². The summed E-state index contributed by atoms with van der Waals surface area (Å²) in [5.41, 5.74) is 1.73. The van der Waals surface area contributed by atoms with Gasteiger partial charge in [0.15, 0.2) is 11.5 Å². The Kier molecular flexibility index (Phi) is 5.34. The number of ether oxygens (including phenoxy) is 2. The number of aromatic nitrogens is 1. The van der Waals surface area contributed by atoms with Crippen LogP contribution in [-0.4, -0.2) is 36.8 Å². The van der Waals surface area contributed by atoms with Crippen LogP contribution in [0.4, 0.5) is 0 Å². The smallest absolute Gasteiger partial charge is 0.251 e. The summed E-state index contributed by atoms with van der Waals surface area (Å²) in [6.07, 6.45) is -0.899. The van der Waals surface area contributed by atoms with Crippen molar-refractivity contribution in [3.05, 3.63) is 65.9 Å². The molecule has 0 radical (unpaired) electrons. The number of para-hydroxylation sites is 1. The van der Waals surface area contributed by atoms with Gasteiger partial charge in [0, 0.05) is 17.5 Å². The molecule has 0 aliphatic carbocycles. The third-order valence-electron chi connectivity index (χ3n) is 4.06. The van der Waals surface area contributed by atoms with Crippen LogP contribution in [0.3, 0.4) is 0 Å². The Balaban J connectivity index is 1.68. The van der Waals surface area contributed by atoms with Gasteiger partial charge >= 0.3 is 0 Å². The highest BCUT2D eigenvalue weighted by molar-refractivity contribution is 5.94. The molecule has 0 aliphatic heterocycles. The number of aliphatic hydroxyl groups is 1. The van der Waals surface area contributed by atoms with E-state index in [0.717, 1.165) is 10.9 Å². The van der Waals surface area contributed by atoms with E-state index in [1.807, 2.05) is 30.3 Å². The van der Waals surface area contributed by atoms with Crippen LogP contribution in [0.1, 0.15) is 22.2 Å². The van der Waals surface area contributed by atoms with Crippen LogP contribution in [0.25, 0.3) is 10.9 Å². The fourth-order valence-electron chi connectivity index (χ4n) is 2.64.